The Morgan fingerprint density at radius 2 is 2.05 bits per heavy atom. The Labute approximate surface area is 122 Å². The Bertz CT molecular complexity index is 808. The number of fused-ring (bicyclic) bond motifs is 1. The third-order valence-electron chi connectivity index (χ3n) is 3.29. The number of carbonyl (C=O) groups is 1. The Morgan fingerprint density at radius 1 is 1.24 bits per heavy atom. The normalized spacial score (nSPS) is 10.8. The van der Waals surface area contributed by atoms with Crippen molar-refractivity contribution in [1.82, 2.24) is 15.3 Å². The number of benzene rings is 1. The van der Waals surface area contributed by atoms with E-state index in [4.69, 9.17) is 4.42 Å². The van der Waals surface area contributed by atoms with E-state index in [1.807, 2.05) is 31.2 Å². The Kier molecular flexibility index (Phi) is 3.39. The molecular formula is C16H15N3O2. The van der Waals surface area contributed by atoms with E-state index >= 15 is 0 Å². The molecular weight excluding hydrogens is 266 g/mol. The molecule has 106 valence electrons. The summed E-state index contributed by atoms with van der Waals surface area (Å²) in [7, 11) is 1.59. The molecule has 0 saturated heterocycles. The molecule has 0 bridgehead atoms. The average molecular weight is 281 g/mol. The highest BCUT2D eigenvalue weighted by atomic mass is 16.3. The minimum atomic E-state index is -0.201. The highest BCUT2D eigenvalue weighted by Crippen LogP contribution is 2.25. The summed E-state index contributed by atoms with van der Waals surface area (Å²) in [6.07, 6.45) is 2.39. The van der Waals surface area contributed by atoms with Crippen molar-refractivity contribution in [1.29, 1.82) is 0 Å². The second kappa shape index (κ2) is 5.36. The van der Waals surface area contributed by atoms with E-state index in [1.54, 1.807) is 19.3 Å². The standard InChI is InChI=1S/C16H15N3O2/c1-3-15-19-12-8-10(4-5-14(12)21-15)11-6-7-18-13(9-11)16(20)17-2/h4-9H,3H2,1-2H3,(H,17,20). The van der Waals surface area contributed by atoms with Crippen molar-refractivity contribution < 1.29 is 9.21 Å². The van der Waals surface area contributed by atoms with Crippen molar-refractivity contribution in [2.24, 2.45) is 0 Å². The minimum absolute atomic E-state index is 0.201. The van der Waals surface area contributed by atoms with Gasteiger partial charge in [-0.05, 0) is 35.4 Å². The van der Waals surface area contributed by atoms with Crippen LogP contribution in [0, 0.1) is 0 Å². The van der Waals surface area contributed by atoms with Crippen molar-refractivity contribution in [3.05, 3.63) is 48.1 Å². The van der Waals surface area contributed by atoms with Gasteiger partial charge >= 0.3 is 0 Å². The van der Waals surface area contributed by atoms with Gasteiger partial charge in [0, 0.05) is 19.7 Å². The van der Waals surface area contributed by atoms with Crippen molar-refractivity contribution in [3.8, 4) is 11.1 Å². The van der Waals surface area contributed by atoms with E-state index in [-0.39, 0.29) is 5.91 Å². The SMILES string of the molecule is CCc1nc2cc(-c3ccnc(C(=O)NC)c3)ccc2o1. The Balaban J connectivity index is 2.05. The molecule has 3 aromatic rings. The zero-order valence-electron chi connectivity index (χ0n) is 11.9. The van der Waals surface area contributed by atoms with E-state index in [0.29, 0.717) is 5.69 Å². The topological polar surface area (TPSA) is 68.0 Å². The summed E-state index contributed by atoms with van der Waals surface area (Å²) >= 11 is 0. The first kappa shape index (κ1) is 13.3. The zero-order chi connectivity index (χ0) is 14.8. The van der Waals surface area contributed by atoms with Crippen molar-refractivity contribution in [2.45, 2.75) is 13.3 Å². The molecule has 1 N–H and O–H groups in total. The fourth-order valence-electron chi connectivity index (χ4n) is 2.17. The molecule has 0 unspecified atom stereocenters. The molecule has 0 aliphatic carbocycles. The van der Waals surface area contributed by atoms with Gasteiger partial charge < -0.3 is 9.73 Å². The van der Waals surface area contributed by atoms with Crippen LogP contribution in [0.15, 0.2) is 40.9 Å². The van der Waals surface area contributed by atoms with Gasteiger partial charge in [-0.2, -0.15) is 0 Å². The number of pyridine rings is 1. The second-order valence-electron chi connectivity index (χ2n) is 4.65. The molecule has 3 rings (SSSR count). The lowest BCUT2D eigenvalue weighted by atomic mass is 10.1. The van der Waals surface area contributed by atoms with Gasteiger partial charge in [-0.15, -0.1) is 0 Å². The molecule has 1 aromatic carbocycles. The predicted octanol–water partition coefficient (Wildman–Crippen LogP) is 2.81. The number of aryl methyl sites for hydroxylation is 1. The molecule has 2 heterocycles. The van der Waals surface area contributed by atoms with Crippen LogP contribution < -0.4 is 5.32 Å². The lowest BCUT2D eigenvalue weighted by molar-refractivity contribution is 0.0958. The first-order valence-corrected chi connectivity index (χ1v) is 6.79. The van der Waals surface area contributed by atoms with Crippen molar-refractivity contribution >= 4 is 17.0 Å². The summed E-state index contributed by atoms with van der Waals surface area (Å²) in [5, 5.41) is 2.57. The Morgan fingerprint density at radius 3 is 2.81 bits per heavy atom. The number of carbonyl (C=O) groups excluding carboxylic acids is 1. The Hall–Kier alpha value is -2.69. The molecule has 0 aliphatic rings. The van der Waals surface area contributed by atoms with Gasteiger partial charge in [0.2, 0.25) is 0 Å². The second-order valence-corrected chi connectivity index (χ2v) is 4.65. The molecule has 5 heteroatoms. The average Bonchev–Trinajstić information content (AvgIpc) is 2.96. The number of nitrogens with one attached hydrogen (secondary N) is 1. The smallest absolute Gasteiger partial charge is 0.269 e. The molecule has 0 fully saturated rings. The quantitative estimate of drug-likeness (QED) is 0.801. The maximum Gasteiger partial charge on any atom is 0.269 e. The lowest BCUT2D eigenvalue weighted by Crippen LogP contribution is -2.19. The van der Waals surface area contributed by atoms with Crippen LogP contribution in [0.3, 0.4) is 0 Å². The number of oxazole rings is 1. The van der Waals surface area contributed by atoms with Crippen LogP contribution in [0.2, 0.25) is 0 Å². The molecule has 0 radical (unpaired) electrons. The van der Waals surface area contributed by atoms with Gasteiger partial charge in [0.15, 0.2) is 11.5 Å². The highest BCUT2D eigenvalue weighted by molar-refractivity contribution is 5.93. The van der Waals surface area contributed by atoms with E-state index in [0.717, 1.165) is 34.5 Å². The largest absolute Gasteiger partial charge is 0.441 e. The molecule has 21 heavy (non-hydrogen) atoms. The van der Waals surface area contributed by atoms with Gasteiger partial charge in [0.25, 0.3) is 5.91 Å². The van der Waals surface area contributed by atoms with Gasteiger partial charge in [0.1, 0.15) is 11.2 Å². The van der Waals surface area contributed by atoms with E-state index in [9.17, 15) is 4.79 Å². The third kappa shape index (κ3) is 2.50. The summed E-state index contributed by atoms with van der Waals surface area (Å²) < 4.78 is 5.60. The van der Waals surface area contributed by atoms with Crippen molar-refractivity contribution in [2.75, 3.05) is 7.05 Å². The number of hydrogen-bond acceptors (Lipinski definition) is 4. The van der Waals surface area contributed by atoms with Crippen LogP contribution in [0.25, 0.3) is 22.2 Å². The first-order valence-electron chi connectivity index (χ1n) is 6.79. The fourth-order valence-corrected chi connectivity index (χ4v) is 2.17. The number of hydrogen-bond donors (Lipinski definition) is 1. The number of aromatic nitrogens is 2. The predicted molar refractivity (Wildman–Crippen MR) is 80.0 cm³/mol. The van der Waals surface area contributed by atoms with Crippen LogP contribution in [-0.2, 0) is 6.42 Å². The molecule has 0 saturated carbocycles. The molecule has 0 atom stereocenters. The summed E-state index contributed by atoms with van der Waals surface area (Å²) in [6, 6.07) is 9.45. The first-order chi connectivity index (χ1) is 10.2. The third-order valence-corrected chi connectivity index (χ3v) is 3.29. The molecule has 2 aromatic heterocycles. The van der Waals surface area contributed by atoms with Crippen LogP contribution in [-0.4, -0.2) is 22.9 Å². The van der Waals surface area contributed by atoms with Gasteiger partial charge in [-0.1, -0.05) is 13.0 Å². The highest BCUT2D eigenvalue weighted by Gasteiger charge is 2.09. The monoisotopic (exact) mass is 281 g/mol. The number of amides is 1. The molecule has 5 nitrogen and oxygen atoms in total. The van der Waals surface area contributed by atoms with Gasteiger partial charge in [-0.3, -0.25) is 9.78 Å². The number of nitrogens with zero attached hydrogens (tertiary/aromatic N) is 2. The summed E-state index contributed by atoms with van der Waals surface area (Å²) in [5.74, 6) is 0.524. The molecule has 0 spiro atoms. The summed E-state index contributed by atoms with van der Waals surface area (Å²) in [5.41, 5.74) is 3.89. The summed E-state index contributed by atoms with van der Waals surface area (Å²) in [6.45, 7) is 2.00. The summed E-state index contributed by atoms with van der Waals surface area (Å²) in [4.78, 5) is 20.1. The fraction of sp³-hybridized carbons (Fsp3) is 0.188. The maximum absolute atomic E-state index is 11.7. The van der Waals surface area contributed by atoms with E-state index in [1.165, 1.54) is 0 Å². The van der Waals surface area contributed by atoms with Crippen LogP contribution in [0.4, 0.5) is 0 Å². The van der Waals surface area contributed by atoms with E-state index in [2.05, 4.69) is 15.3 Å². The van der Waals surface area contributed by atoms with Crippen LogP contribution in [0.1, 0.15) is 23.3 Å². The van der Waals surface area contributed by atoms with Crippen LogP contribution in [0.5, 0.6) is 0 Å². The van der Waals surface area contributed by atoms with Crippen LogP contribution >= 0.6 is 0 Å². The van der Waals surface area contributed by atoms with E-state index < -0.39 is 0 Å². The minimum Gasteiger partial charge on any atom is -0.441 e. The van der Waals surface area contributed by atoms with Crippen molar-refractivity contribution in [3.63, 3.8) is 0 Å². The molecule has 0 aliphatic heterocycles. The van der Waals surface area contributed by atoms with Gasteiger partial charge in [-0.25, -0.2) is 4.98 Å². The lowest BCUT2D eigenvalue weighted by Gasteiger charge is -2.04. The molecule has 1 amide bonds. The zero-order valence-corrected chi connectivity index (χ0v) is 11.9. The maximum atomic E-state index is 11.7. The van der Waals surface area contributed by atoms with Gasteiger partial charge in [0.05, 0.1) is 0 Å². The number of rotatable bonds is 3.